The van der Waals surface area contributed by atoms with Crippen LogP contribution >= 0.6 is 0 Å². The summed E-state index contributed by atoms with van der Waals surface area (Å²) in [5, 5.41) is 3.38. The van der Waals surface area contributed by atoms with Gasteiger partial charge in [0.2, 0.25) is 5.91 Å². The second-order valence-corrected chi connectivity index (χ2v) is 4.97. The van der Waals surface area contributed by atoms with Crippen molar-refractivity contribution in [3.63, 3.8) is 0 Å². The Morgan fingerprint density at radius 1 is 1.50 bits per heavy atom. The number of methoxy groups -OCH3 is 1. The van der Waals surface area contributed by atoms with Crippen LogP contribution in [0.15, 0.2) is 0 Å². The Kier molecular flexibility index (Phi) is 3.82. The van der Waals surface area contributed by atoms with Gasteiger partial charge in [0.25, 0.3) is 0 Å². The molecule has 2 aliphatic heterocycles. The normalized spacial score (nSPS) is 33.1. The summed E-state index contributed by atoms with van der Waals surface area (Å²) >= 11 is 0. The van der Waals surface area contributed by atoms with Gasteiger partial charge in [0.15, 0.2) is 0 Å². The van der Waals surface area contributed by atoms with Gasteiger partial charge in [-0.2, -0.15) is 0 Å². The van der Waals surface area contributed by atoms with Gasteiger partial charge in [0.05, 0.1) is 0 Å². The van der Waals surface area contributed by atoms with Crippen molar-refractivity contribution in [2.75, 3.05) is 26.8 Å². The zero-order valence-electron chi connectivity index (χ0n) is 10.2. The van der Waals surface area contributed by atoms with Gasteiger partial charge in [0.1, 0.15) is 0 Å². The van der Waals surface area contributed by atoms with Crippen molar-refractivity contribution in [3.05, 3.63) is 0 Å². The van der Waals surface area contributed by atoms with Gasteiger partial charge in [-0.05, 0) is 25.7 Å². The minimum atomic E-state index is 0.306. The van der Waals surface area contributed by atoms with E-state index >= 15 is 0 Å². The molecule has 2 fully saturated rings. The van der Waals surface area contributed by atoms with E-state index in [4.69, 9.17) is 4.74 Å². The molecule has 2 rings (SSSR count). The van der Waals surface area contributed by atoms with Crippen LogP contribution in [-0.2, 0) is 9.53 Å². The van der Waals surface area contributed by atoms with Crippen LogP contribution in [0, 0.1) is 5.92 Å². The van der Waals surface area contributed by atoms with Crippen LogP contribution in [0.5, 0.6) is 0 Å². The van der Waals surface area contributed by atoms with Crippen LogP contribution in [0.2, 0.25) is 0 Å². The van der Waals surface area contributed by atoms with Crippen molar-refractivity contribution >= 4 is 5.91 Å². The summed E-state index contributed by atoms with van der Waals surface area (Å²) in [6, 6.07) is 0.872. The molecule has 0 spiro atoms. The lowest BCUT2D eigenvalue weighted by Gasteiger charge is -2.27. The molecular formula is C12H22N2O2. The number of carbonyl (C=O) groups excluding carboxylic acids is 1. The van der Waals surface area contributed by atoms with Gasteiger partial charge >= 0.3 is 0 Å². The summed E-state index contributed by atoms with van der Waals surface area (Å²) in [7, 11) is 1.68. The van der Waals surface area contributed by atoms with Crippen molar-refractivity contribution in [1.82, 2.24) is 10.2 Å². The third kappa shape index (κ3) is 2.23. The summed E-state index contributed by atoms with van der Waals surface area (Å²) in [4.78, 5) is 14.2. The lowest BCUT2D eigenvalue weighted by Crippen LogP contribution is -2.42. The maximum atomic E-state index is 12.1. The monoisotopic (exact) mass is 226 g/mol. The molecule has 0 aromatic heterocycles. The molecule has 0 radical (unpaired) electrons. The van der Waals surface area contributed by atoms with Crippen molar-refractivity contribution in [1.29, 1.82) is 0 Å². The molecule has 4 nitrogen and oxygen atoms in total. The topological polar surface area (TPSA) is 41.6 Å². The number of amides is 1. The number of likely N-dealkylation sites (tertiary alicyclic amines) is 1. The quantitative estimate of drug-likeness (QED) is 0.715. The van der Waals surface area contributed by atoms with E-state index in [2.05, 4.69) is 17.1 Å². The number of nitrogens with zero attached hydrogens (tertiary/aromatic N) is 1. The van der Waals surface area contributed by atoms with E-state index in [1.54, 1.807) is 7.11 Å². The summed E-state index contributed by atoms with van der Waals surface area (Å²) in [5.74, 6) is 0.988. The maximum absolute atomic E-state index is 12.1. The summed E-state index contributed by atoms with van der Waals surface area (Å²) in [6.07, 6.45) is 2.62. The standard InChI is InChI=1S/C12H22N2O2/c1-9-6-10-7-13-8-11(10)14(9)12(15)4-3-5-16-2/h9-11,13H,3-8H2,1-2H3. The molecule has 0 saturated carbocycles. The zero-order valence-corrected chi connectivity index (χ0v) is 10.2. The molecule has 0 bridgehead atoms. The summed E-state index contributed by atoms with van der Waals surface area (Å²) in [5.41, 5.74) is 0. The highest BCUT2D eigenvalue weighted by molar-refractivity contribution is 5.77. The predicted octanol–water partition coefficient (Wildman–Crippen LogP) is 0.622. The smallest absolute Gasteiger partial charge is 0.223 e. The number of carbonyl (C=O) groups is 1. The van der Waals surface area contributed by atoms with Gasteiger partial charge in [-0.25, -0.2) is 0 Å². The minimum Gasteiger partial charge on any atom is -0.385 e. The van der Waals surface area contributed by atoms with Crippen molar-refractivity contribution in [2.24, 2.45) is 5.92 Å². The number of hydrogen-bond donors (Lipinski definition) is 1. The second-order valence-electron chi connectivity index (χ2n) is 4.97. The molecule has 4 heteroatoms. The average molecular weight is 226 g/mol. The highest BCUT2D eigenvalue weighted by Crippen LogP contribution is 2.32. The molecule has 2 aliphatic rings. The first-order valence-corrected chi connectivity index (χ1v) is 6.25. The number of ether oxygens (including phenoxy) is 1. The van der Waals surface area contributed by atoms with Crippen molar-refractivity contribution < 1.29 is 9.53 Å². The van der Waals surface area contributed by atoms with E-state index in [0.29, 0.717) is 36.9 Å². The van der Waals surface area contributed by atoms with E-state index in [9.17, 15) is 4.79 Å². The second kappa shape index (κ2) is 5.15. The van der Waals surface area contributed by atoms with Gasteiger partial charge in [-0.15, -0.1) is 0 Å². The SMILES string of the molecule is COCCCC(=O)N1C(C)CC2CNCC21. The van der Waals surface area contributed by atoms with Crippen LogP contribution in [0.3, 0.4) is 0 Å². The molecule has 3 unspecified atom stereocenters. The number of rotatable bonds is 4. The van der Waals surface area contributed by atoms with Crippen LogP contribution < -0.4 is 5.32 Å². The molecule has 1 amide bonds. The van der Waals surface area contributed by atoms with Crippen molar-refractivity contribution in [3.8, 4) is 0 Å². The Morgan fingerprint density at radius 3 is 3.06 bits per heavy atom. The van der Waals surface area contributed by atoms with Crippen LogP contribution in [0.1, 0.15) is 26.2 Å². The Morgan fingerprint density at radius 2 is 2.31 bits per heavy atom. The Balaban J connectivity index is 1.89. The van der Waals surface area contributed by atoms with E-state index in [1.165, 1.54) is 0 Å². The molecule has 92 valence electrons. The molecule has 3 atom stereocenters. The highest BCUT2D eigenvalue weighted by atomic mass is 16.5. The predicted molar refractivity (Wildman–Crippen MR) is 62.2 cm³/mol. The number of fused-ring (bicyclic) bond motifs is 1. The molecule has 0 aromatic rings. The maximum Gasteiger partial charge on any atom is 0.223 e. The molecular weight excluding hydrogens is 204 g/mol. The van der Waals surface area contributed by atoms with E-state index < -0.39 is 0 Å². The Bertz CT molecular complexity index is 257. The first-order valence-electron chi connectivity index (χ1n) is 6.25. The third-order valence-electron chi connectivity index (χ3n) is 3.81. The summed E-state index contributed by atoms with van der Waals surface area (Å²) in [6.45, 7) is 4.91. The first-order chi connectivity index (χ1) is 7.74. The first kappa shape index (κ1) is 11.9. The van der Waals surface area contributed by atoms with Crippen LogP contribution in [0.4, 0.5) is 0 Å². The fourth-order valence-electron chi connectivity index (χ4n) is 3.09. The van der Waals surface area contributed by atoms with Crippen molar-refractivity contribution in [2.45, 2.75) is 38.3 Å². The largest absolute Gasteiger partial charge is 0.385 e. The molecule has 1 N–H and O–H groups in total. The molecule has 2 saturated heterocycles. The minimum absolute atomic E-state index is 0.306. The van der Waals surface area contributed by atoms with E-state index in [-0.39, 0.29) is 0 Å². The molecule has 2 heterocycles. The van der Waals surface area contributed by atoms with Crippen LogP contribution in [0.25, 0.3) is 0 Å². The summed E-state index contributed by atoms with van der Waals surface area (Å²) < 4.78 is 4.99. The fourth-order valence-corrected chi connectivity index (χ4v) is 3.09. The number of hydrogen-bond acceptors (Lipinski definition) is 3. The Hall–Kier alpha value is -0.610. The Labute approximate surface area is 97.3 Å². The number of nitrogens with one attached hydrogen (secondary N) is 1. The molecule has 0 aliphatic carbocycles. The highest BCUT2D eigenvalue weighted by Gasteiger charge is 2.43. The van der Waals surface area contributed by atoms with Gasteiger partial charge < -0.3 is 15.0 Å². The van der Waals surface area contributed by atoms with Gasteiger partial charge in [0, 0.05) is 45.3 Å². The zero-order chi connectivity index (χ0) is 11.5. The van der Waals surface area contributed by atoms with Crippen LogP contribution in [-0.4, -0.2) is 49.7 Å². The molecule has 0 aromatic carbocycles. The molecule has 16 heavy (non-hydrogen) atoms. The van der Waals surface area contributed by atoms with E-state index in [0.717, 1.165) is 25.9 Å². The average Bonchev–Trinajstić information content (AvgIpc) is 2.77. The van der Waals surface area contributed by atoms with E-state index in [1.807, 2.05) is 0 Å². The third-order valence-corrected chi connectivity index (χ3v) is 3.81. The lowest BCUT2D eigenvalue weighted by atomic mass is 10.0. The fraction of sp³-hybridized carbons (Fsp3) is 0.917. The van der Waals surface area contributed by atoms with Gasteiger partial charge in [-0.3, -0.25) is 4.79 Å². The van der Waals surface area contributed by atoms with Gasteiger partial charge in [-0.1, -0.05) is 0 Å². The lowest BCUT2D eigenvalue weighted by molar-refractivity contribution is -0.134.